The van der Waals surface area contributed by atoms with E-state index in [0.29, 0.717) is 0 Å². The molecule has 0 heterocycles. The first kappa shape index (κ1) is 16.0. The molecule has 0 aliphatic rings. The van der Waals surface area contributed by atoms with E-state index in [1.165, 1.54) is 15.8 Å². The summed E-state index contributed by atoms with van der Waals surface area (Å²) < 4.78 is 0. The van der Waals surface area contributed by atoms with Crippen LogP contribution in [0.1, 0.15) is 20.8 Å². The standard InChI is InChI=1S/C6H15Ge.2HI.Yb/c1-4-7(5-2)6-3;;;/h4-6H2,1-3H3;2*1H;/q;;;+2/p-2. The Balaban J connectivity index is 0. The van der Waals surface area contributed by atoms with Gasteiger partial charge in [-0.3, -0.25) is 0 Å². The van der Waals surface area contributed by atoms with Crippen LogP contribution >= 0.6 is 25.0 Å². The molecule has 0 rings (SSSR count). The van der Waals surface area contributed by atoms with Gasteiger partial charge in [-0.2, -0.15) is 0 Å². The van der Waals surface area contributed by atoms with Crippen LogP contribution in [0.3, 0.4) is 0 Å². The Kier molecular flexibility index (Phi) is 24.0. The van der Waals surface area contributed by atoms with Crippen molar-refractivity contribution in [2.24, 2.45) is 0 Å². The monoisotopic (exact) mass is 589 g/mol. The predicted molar refractivity (Wildman–Crippen MR) is 65.2 cm³/mol. The van der Waals surface area contributed by atoms with Gasteiger partial charge in [-0.05, 0) is 0 Å². The Morgan fingerprint density at radius 3 is 1.20 bits per heavy atom. The van der Waals surface area contributed by atoms with Crippen LogP contribution in [0.5, 0.6) is 0 Å². The van der Waals surface area contributed by atoms with Crippen LogP contribution in [0.4, 0.5) is 0 Å². The van der Waals surface area contributed by atoms with Crippen molar-refractivity contribution in [1.29, 1.82) is 0 Å². The first-order chi connectivity index (χ1) is 4.76. The minimum absolute atomic E-state index is 0.403. The van der Waals surface area contributed by atoms with E-state index in [2.05, 4.69) is 45.8 Å². The Hall–Kier alpha value is 3.52. The molecule has 0 saturated heterocycles. The van der Waals surface area contributed by atoms with Gasteiger partial charge in [-0.15, -0.1) is 0 Å². The Bertz CT molecular complexity index is 45.5. The molecule has 0 N–H and O–H groups in total. The van der Waals surface area contributed by atoms with E-state index < -0.39 is 14.3 Å². The molecule has 0 saturated carbocycles. The zero-order chi connectivity index (χ0) is 8.41. The summed E-state index contributed by atoms with van der Waals surface area (Å²) >= 11 is 5.12. The second kappa shape index (κ2) is 15.0. The Morgan fingerprint density at radius 1 is 1.00 bits per heavy atom. The molecule has 0 aromatic carbocycles. The summed E-state index contributed by atoms with van der Waals surface area (Å²) in [6.07, 6.45) is 0. The van der Waals surface area contributed by atoms with Crippen molar-refractivity contribution in [2.75, 3.05) is 0 Å². The summed E-state index contributed by atoms with van der Waals surface area (Å²) in [6.45, 7) is 7.01. The van der Waals surface area contributed by atoms with E-state index in [0.717, 1.165) is 30.5 Å². The Morgan fingerprint density at radius 2 is 1.20 bits per heavy atom. The Labute approximate surface area is 103 Å². The van der Waals surface area contributed by atoms with Crippen LogP contribution in [-0.4, -0.2) is 14.3 Å². The molecule has 0 bridgehead atoms. The molecule has 1 radical (unpaired) electrons. The molecule has 4 heteroatoms. The SMILES string of the molecule is C[CH2][Ge]([CH2]C)[CH2]C.[I][Yb][I]. The summed E-state index contributed by atoms with van der Waals surface area (Å²) in [4.78, 5) is 0. The molecule has 10 heavy (non-hydrogen) atoms. The number of halogens is 2. The maximum atomic E-state index is 2.34. The third kappa shape index (κ3) is 14.1. The van der Waals surface area contributed by atoms with Gasteiger partial charge in [0.25, 0.3) is 0 Å². The van der Waals surface area contributed by atoms with Crippen LogP contribution in [0.2, 0.25) is 15.8 Å². The zero-order valence-corrected chi connectivity index (χ0v) is 14.8. The average molecular weight is 587 g/mol. The van der Waals surface area contributed by atoms with Crippen LogP contribution < -0.4 is 0 Å². The van der Waals surface area contributed by atoms with E-state index in [1.807, 2.05) is 0 Å². The van der Waals surface area contributed by atoms with Gasteiger partial charge in [0.2, 0.25) is 0 Å². The fourth-order valence-electron chi connectivity index (χ4n) is 0.750. The molecule has 71 valence electrons. The van der Waals surface area contributed by atoms with Gasteiger partial charge in [0.05, 0.1) is 0 Å². The molecule has 0 aromatic rings. The van der Waals surface area contributed by atoms with Gasteiger partial charge in [-0.25, -0.2) is 0 Å². The number of hydrogen-bond acceptors (Lipinski definition) is 0. The summed E-state index contributed by atoms with van der Waals surface area (Å²) in [7, 11) is 0. The van der Waals surface area contributed by atoms with Gasteiger partial charge in [0.1, 0.15) is 0 Å². The van der Waals surface area contributed by atoms with Crippen LogP contribution in [-0.2, 0) is 0 Å². The van der Waals surface area contributed by atoms with E-state index in [9.17, 15) is 0 Å². The third-order valence-electron chi connectivity index (χ3n) is 1.50. The fourth-order valence-corrected chi connectivity index (χ4v) is 3.90. The quantitative estimate of drug-likeness (QED) is 0.342. The first-order valence-corrected chi connectivity index (χ1v) is 17.7. The second-order valence-corrected chi connectivity index (χ2v) is 22.2. The van der Waals surface area contributed by atoms with Gasteiger partial charge in [0.15, 0.2) is 0 Å². The van der Waals surface area contributed by atoms with Gasteiger partial charge in [-0.1, -0.05) is 0 Å². The molecule has 0 amide bonds. The van der Waals surface area contributed by atoms with Crippen LogP contribution in [0, 0.1) is 30.5 Å². The molecule has 0 fully saturated rings. The number of hydrogen-bond donors (Lipinski definition) is 0. The summed E-state index contributed by atoms with van der Waals surface area (Å²) in [5.74, 6) is 0. The maximum absolute atomic E-state index is 2.34. The molecule has 0 aliphatic heterocycles. The normalized spacial score (nSPS) is 9.40. The van der Waals surface area contributed by atoms with Crippen molar-refractivity contribution in [3.63, 3.8) is 0 Å². The van der Waals surface area contributed by atoms with Crippen molar-refractivity contribution in [3.8, 4) is 0 Å². The van der Waals surface area contributed by atoms with E-state index in [-0.39, 0.29) is 0 Å². The van der Waals surface area contributed by atoms with Gasteiger partial charge < -0.3 is 0 Å². The van der Waals surface area contributed by atoms with Crippen LogP contribution in [0.15, 0.2) is 0 Å². The van der Waals surface area contributed by atoms with Gasteiger partial charge in [0, 0.05) is 0 Å². The topological polar surface area (TPSA) is 0 Å². The van der Waals surface area contributed by atoms with Crippen molar-refractivity contribution >= 4 is 39.4 Å². The minimum atomic E-state index is -0.403. The second-order valence-electron chi connectivity index (χ2n) is 1.85. The predicted octanol–water partition coefficient (Wildman–Crippen LogP) is 4.31. The average Bonchev–Trinajstić information content (AvgIpc) is 1.93. The molecule has 0 nitrogen and oxygen atoms in total. The molecule has 0 spiro atoms. The summed E-state index contributed by atoms with van der Waals surface area (Å²) in [5.41, 5.74) is 0. The van der Waals surface area contributed by atoms with Crippen molar-refractivity contribution in [1.82, 2.24) is 0 Å². The molecule has 0 atom stereocenters. The zero-order valence-electron chi connectivity index (χ0n) is 6.64. The number of rotatable bonds is 3. The van der Waals surface area contributed by atoms with E-state index in [4.69, 9.17) is 0 Å². The fraction of sp³-hybridized carbons (Fsp3) is 1.00. The molecular weight excluding hydrogens is 572 g/mol. The molecule has 0 aliphatic carbocycles. The van der Waals surface area contributed by atoms with E-state index in [1.54, 1.807) is 0 Å². The van der Waals surface area contributed by atoms with Crippen molar-refractivity contribution in [3.05, 3.63) is 0 Å². The van der Waals surface area contributed by atoms with Crippen LogP contribution in [0.25, 0.3) is 0 Å². The summed E-state index contributed by atoms with van der Waals surface area (Å²) in [5, 5.41) is 4.56. The van der Waals surface area contributed by atoms with E-state index >= 15 is 0 Å². The third-order valence-corrected chi connectivity index (χ3v) is 7.79. The van der Waals surface area contributed by atoms with Gasteiger partial charge >= 0.3 is 106 Å². The summed E-state index contributed by atoms with van der Waals surface area (Å²) in [6, 6.07) is 0. The molecule has 0 aromatic heterocycles. The van der Waals surface area contributed by atoms with Crippen molar-refractivity contribution < 1.29 is 30.5 Å². The van der Waals surface area contributed by atoms with Crippen molar-refractivity contribution in [2.45, 2.75) is 36.5 Å². The first-order valence-electron chi connectivity index (χ1n) is 3.38. The molecule has 0 unspecified atom stereocenters. The molecular formula is C6H15GeI2Yb.